The quantitative estimate of drug-likeness (QED) is 0.598. The van der Waals surface area contributed by atoms with E-state index in [1.165, 1.54) is 6.92 Å². The van der Waals surface area contributed by atoms with Crippen LogP contribution in [0.25, 0.3) is 0 Å². The van der Waals surface area contributed by atoms with E-state index in [0.717, 1.165) is 0 Å². The maximum absolute atomic E-state index is 11.8. The van der Waals surface area contributed by atoms with Gasteiger partial charge in [0.2, 0.25) is 0 Å². The van der Waals surface area contributed by atoms with E-state index in [4.69, 9.17) is 0 Å². The summed E-state index contributed by atoms with van der Waals surface area (Å²) < 4.78 is 39.6. The third kappa shape index (κ3) is 3.98. The minimum absolute atomic E-state index is 0.169. The van der Waals surface area contributed by atoms with Crippen molar-refractivity contribution in [2.75, 3.05) is 6.61 Å². The van der Waals surface area contributed by atoms with Crippen LogP contribution in [0.5, 0.6) is 0 Å². The third-order valence-corrected chi connectivity index (χ3v) is 1.10. The van der Waals surface area contributed by atoms with Crippen LogP contribution in [0.1, 0.15) is 13.3 Å². The predicted molar refractivity (Wildman–Crippen MR) is 32.1 cm³/mol. The van der Waals surface area contributed by atoms with Gasteiger partial charge < -0.3 is 9.53 Å². The number of hydrogen-bond acceptors (Lipinski definition) is 2. The lowest BCUT2D eigenvalue weighted by Crippen LogP contribution is -2.31. The molecule has 0 rings (SSSR count). The molecule has 0 aliphatic carbocycles. The van der Waals surface area contributed by atoms with Gasteiger partial charge in [-0.1, -0.05) is 6.92 Å². The molecule has 0 radical (unpaired) electrons. The predicted octanol–water partition coefficient (Wildman–Crippen LogP) is 1.54. The van der Waals surface area contributed by atoms with E-state index in [1.807, 2.05) is 0 Å². The number of rotatable bonds is 4. The molecule has 0 amide bonds. The van der Waals surface area contributed by atoms with Crippen LogP contribution in [0.15, 0.2) is 0 Å². The van der Waals surface area contributed by atoms with Gasteiger partial charge in [-0.15, -0.1) is 0 Å². The summed E-state index contributed by atoms with van der Waals surface area (Å²) in [5.74, 6) is 0. The Labute approximate surface area is 62.3 Å². The number of carbonyl (C=O) groups excluding carboxylic acids is 1. The summed E-state index contributed by atoms with van der Waals surface area (Å²) in [5, 5.41) is 0. The van der Waals surface area contributed by atoms with Crippen molar-refractivity contribution in [3.63, 3.8) is 0 Å². The van der Waals surface area contributed by atoms with E-state index in [9.17, 15) is 18.0 Å². The van der Waals surface area contributed by atoms with E-state index in [-0.39, 0.29) is 6.42 Å². The second-order valence-electron chi connectivity index (χ2n) is 1.94. The fraction of sp³-hybridized carbons (Fsp3) is 0.833. The Morgan fingerprint density at radius 2 is 2.09 bits per heavy atom. The number of ether oxygens (including phenoxy) is 1. The lowest BCUT2D eigenvalue weighted by molar-refractivity contribution is -0.218. The highest BCUT2D eigenvalue weighted by Crippen LogP contribution is 2.24. The van der Waals surface area contributed by atoms with Crippen molar-refractivity contribution >= 4 is 6.29 Å². The van der Waals surface area contributed by atoms with Crippen molar-refractivity contribution in [3.05, 3.63) is 0 Å². The lowest BCUT2D eigenvalue weighted by atomic mass is 10.3. The molecule has 66 valence electrons. The van der Waals surface area contributed by atoms with Crippen LogP contribution in [-0.4, -0.2) is 25.2 Å². The Morgan fingerprint density at radius 1 is 1.55 bits per heavy atom. The van der Waals surface area contributed by atoms with Gasteiger partial charge in [0.25, 0.3) is 0 Å². The van der Waals surface area contributed by atoms with Crippen LogP contribution in [0.3, 0.4) is 0 Å². The first-order valence-electron chi connectivity index (χ1n) is 3.14. The summed E-state index contributed by atoms with van der Waals surface area (Å²) in [6.45, 7) is 0.848. The smallest absolute Gasteiger partial charge is 0.361 e. The average molecular weight is 170 g/mol. The summed E-state index contributed by atoms with van der Waals surface area (Å²) in [6.07, 6.45) is -6.04. The van der Waals surface area contributed by atoms with Gasteiger partial charge in [-0.3, -0.25) is 0 Å². The third-order valence-electron chi connectivity index (χ3n) is 1.10. The molecule has 5 heteroatoms. The minimum atomic E-state index is -4.36. The molecule has 11 heavy (non-hydrogen) atoms. The first-order chi connectivity index (χ1) is 5.02. The van der Waals surface area contributed by atoms with E-state index in [2.05, 4.69) is 4.74 Å². The van der Waals surface area contributed by atoms with E-state index < -0.39 is 18.9 Å². The maximum Gasteiger partial charge on any atom is 0.414 e. The topological polar surface area (TPSA) is 26.3 Å². The highest BCUT2D eigenvalue weighted by atomic mass is 19.4. The SMILES string of the molecule is CCC(OCC=O)C(F)(F)F. The summed E-state index contributed by atoms with van der Waals surface area (Å²) in [6, 6.07) is 0. The Balaban J connectivity index is 3.85. The van der Waals surface area contributed by atoms with Crippen molar-refractivity contribution < 1.29 is 22.7 Å². The van der Waals surface area contributed by atoms with Crippen LogP contribution >= 0.6 is 0 Å². The molecule has 0 fully saturated rings. The summed E-state index contributed by atoms with van der Waals surface area (Å²) in [5.41, 5.74) is 0. The first kappa shape index (κ1) is 10.4. The van der Waals surface area contributed by atoms with Gasteiger partial charge in [-0.2, -0.15) is 13.2 Å². The van der Waals surface area contributed by atoms with Gasteiger partial charge in [-0.05, 0) is 6.42 Å². The molecule has 1 atom stereocenters. The van der Waals surface area contributed by atoms with Crippen molar-refractivity contribution in [1.29, 1.82) is 0 Å². The van der Waals surface area contributed by atoms with Crippen LogP contribution in [-0.2, 0) is 9.53 Å². The molecule has 0 aliphatic heterocycles. The summed E-state index contributed by atoms with van der Waals surface area (Å²) in [4.78, 5) is 9.66. The van der Waals surface area contributed by atoms with Gasteiger partial charge in [0.15, 0.2) is 6.10 Å². The van der Waals surface area contributed by atoms with Crippen LogP contribution in [0, 0.1) is 0 Å². The van der Waals surface area contributed by atoms with Crippen molar-refractivity contribution in [3.8, 4) is 0 Å². The molecule has 1 unspecified atom stereocenters. The van der Waals surface area contributed by atoms with E-state index in [1.54, 1.807) is 0 Å². The summed E-state index contributed by atoms with van der Waals surface area (Å²) >= 11 is 0. The van der Waals surface area contributed by atoms with Crippen LogP contribution in [0.4, 0.5) is 13.2 Å². The second-order valence-corrected chi connectivity index (χ2v) is 1.94. The van der Waals surface area contributed by atoms with Crippen molar-refractivity contribution in [2.24, 2.45) is 0 Å². The minimum Gasteiger partial charge on any atom is -0.361 e. The highest BCUT2D eigenvalue weighted by Gasteiger charge is 2.38. The van der Waals surface area contributed by atoms with E-state index in [0.29, 0.717) is 6.29 Å². The van der Waals surface area contributed by atoms with Gasteiger partial charge in [0.1, 0.15) is 12.9 Å². The largest absolute Gasteiger partial charge is 0.414 e. The van der Waals surface area contributed by atoms with Crippen LogP contribution < -0.4 is 0 Å². The first-order valence-corrected chi connectivity index (χ1v) is 3.14. The zero-order chi connectivity index (χ0) is 8.91. The fourth-order valence-corrected chi connectivity index (χ4v) is 0.599. The standard InChI is InChI=1S/C6H9F3O2/c1-2-5(6(7,8)9)11-4-3-10/h3,5H,2,4H2,1H3. The Kier molecular flexibility index (Phi) is 4.10. The molecule has 0 aliphatic rings. The molecule has 0 spiro atoms. The molecule has 0 N–H and O–H groups in total. The molecule has 0 saturated heterocycles. The van der Waals surface area contributed by atoms with Crippen LogP contribution in [0.2, 0.25) is 0 Å². The second kappa shape index (κ2) is 4.33. The number of halogens is 3. The molecular weight excluding hydrogens is 161 g/mol. The molecule has 2 nitrogen and oxygen atoms in total. The van der Waals surface area contributed by atoms with Gasteiger partial charge >= 0.3 is 6.18 Å². The molecule has 0 heterocycles. The molecule has 0 saturated carbocycles. The molecule has 0 bridgehead atoms. The van der Waals surface area contributed by atoms with Gasteiger partial charge in [0.05, 0.1) is 0 Å². The number of hydrogen-bond donors (Lipinski definition) is 0. The molecule has 0 aromatic heterocycles. The number of carbonyl (C=O) groups is 1. The zero-order valence-electron chi connectivity index (χ0n) is 6.02. The van der Waals surface area contributed by atoms with Crippen molar-refractivity contribution in [2.45, 2.75) is 25.6 Å². The van der Waals surface area contributed by atoms with Gasteiger partial charge in [0, 0.05) is 0 Å². The Morgan fingerprint density at radius 3 is 2.36 bits per heavy atom. The van der Waals surface area contributed by atoms with Gasteiger partial charge in [-0.25, -0.2) is 0 Å². The molecule has 0 aromatic carbocycles. The molecular formula is C6H9F3O2. The Bertz CT molecular complexity index is 121. The highest BCUT2D eigenvalue weighted by molar-refractivity contribution is 5.50. The average Bonchev–Trinajstić information content (AvgIpc) is 1.87. The molecule has 0 aromatic rings. The Hall–Kier alpha value is -0.580. The monoisotopic (exact) mass is 170 g/mol. The fourth-order valence-electron chi connectivity index (χ4n) is 0.599. The normalized spacial score (nSPS) is 14.5. The van der Waals surface area contributed by atoms with E-state index >= 15 is 0 Å². The zero-order valence-corrected chi connectivity index (χ0v) is 6.02. The maximum atomic E-state index is 11.8. The number of aldehydes is 1. The number of alkyl halides is 3. The lowest BCUT2D eigenvalue weighted by Gasteiger charge is -2.17. The summed E-state index contributed by atoms with van der Waals surface area (Å²) in [7, 11) is 0. The van der Waals surface area contributed by atoms with Crippen molar-refractivity contribution in [1.82, 2.24) is 0 Å².